The van der Waals surface area contributed by atoms with Crippen LogP contribution >= 0.6 is 0 Å². The lowest BCUT2D eigenvalue weighted by Gasteiger charge is -2.24. The van der Waals surface area contributed by atoms with Crippen molar-refractivity contribution >= 4 is 22.0 Å². The van der Waals surface area contributed by atoms with Gasteiger partial charge in [-0.05, 0) is 24.6 Å². The number of hydrogen-bond acceptors (Lipinski definition) is 6. The molecule has 0 radical (unpaired) electrons. The summed E-state index contributed by atoms with van der Waals surface area (Å²) in [5.74, 6) is -0.798. The zero-order valence-corrected chi connectivity index (χ0v) is 14.2. The Labute approximate surface area is 140 Å². The molecule has 0 aromatic heterocycles. The Morgan fingerprint density at radius 2 is 2.04 bits per heavy atom. The number of methoxy groups -OCH3 is 1. The molecule has 2 N–H and O–H groups in total. The minimum atomic E-state index is -4.23. The Morgan fingerprint density at radius 1 is 1.33 bits per heavy atom. The van der Waals surface area contributed by atoms with Crippen molar-refractivity contribution in [3.05, 3.63) is 42.1 Å². The predicted octanol–water partition coefficient (Wildman–Crippen LogP) is 1.37. The monoisotopic (exact) mass is 353 g/mol. The molecule has 130 valence electrons. The second-order valence-corrected chi connectivity index (χ2v) is 6.76. The first-order valence-corrected chi connectivity index (χ1v) is 8.85. The molecular formula is C15H19N3O5S. The minimum absolute atomic E-state index is 0.141. The van der Waals surface area contributed by atoms with E-state index in [0.29, 0.717) is 6.42 Å². The van der Waals surface area contributed by atoms with Gasteiger partial charge in [0.25, 0.3) is 10.0 Å². The van der Waals surface area contributed by atoms with Gasteiger partial charge in [-0.2, -0.15) is 0 Å². The fourth-order valence-corrected chi connectivity index (χ4v) is 3.48. The van der Waals surface area contributed by atoms with Gasteiger partial charge in [-0.15, -0.1) is 0 Å². The van der Waals surface area contributed by atoms with Crippen molar-refractivity contribution in [1.82, 2.24) is 15.2 Å². The fourth-order valence-electron chi connectivity index (χ4n) is 2.35. The first-order chi connectivity index (χ1) is 11.4. The lowest BCUT2D eigenvalue weighted by Crippen LogP contribution is -2.50. The van der Waals surface area contributed by atoms with E-state index in [9.17, 15) is 18.0 Å². The van der Waals surface area contributed by atoms with Crippen LogP contribution in [0.25, 0.3) is 0 Å². The Hall–Kier alpha value is -2.55. The van der Waals surface area contributed by atoms with Crippen LogP contribution in [-0.2, 0) is 14.8 Å². The number of urea groups is 1. The van der Waals surface area contributed by atoms with Gasteiger partial charge in [0.2, 0.25) is 0 Å². The lowest BCUT2D eigenvalue weighted by molar-refractivity contribution is 0.0596. The Morgan fingerprint density at radius 3 is 2.71 bits per heavy atom. The molecule has 0 bridgehead atoms. The summed E-state index contributed by atoms with van der Waals surface area (Å²) in [7, 11) is -3.08. The highest BCUT2D eigenvalue weighted by Crippen LogP contribution is 2.18. The highest BCUT2D eigenvalue weighted by Gasteiger charge is 2.30. The Balaban J connectivity index is 2.23. The van der Waals surface area contributed by atoms with Crippen LogP contribution in [0, 0.1) is 0 Å². The van der Waals surface area contributed by atoms with E-state index in [-0.39, 0.29) is 16.5 Å². The SMILES string of the molecule is CCCC1C=CNN1C(=O)NS(=O)(=O)c1ccccc1C(=O)OC. The highest BCUT2D eigenvalue weighted by atomic mass is 32.2. The van der Waals surface area contributed by atoms with Crippen molar-refractivity contribution in [2.45, 2.75) is 30.7 Å². The molecule has 0 fully saturated rings. The summed E-state index contributed by atoms with van der Waals surface area (Å²) in [5, 5.41) is 1.20. The maximum absolute atomic E-state index is 12.5. The molecule has 8 nitrogen and oxygen atoms in total. The molecule has 0 saturated carbocycles. The van der Waals surface area contributed by atoms with E-state index >= 15 is 0 Å². The van der Waals surface area contributed by atoms with Crippen molar-refractivity contribution in [2.24, 2.45) is 0 Å². The number of sulfonamides is 1. The van der Waals surface area contributed by atoms with E-state index in [1.807, 2.05) is 11.6 Å². The number of nitrogens with zero attached hydrogens (tertiary/aromatic N) is 1. The van der Waals surface area contributed by atoms with Gasteiger partial charge in [0, 0.05) is 6.20 Å². The predicted molar refractivity (Wildman–Crippen MR) is 86.3 cm³/mol. The molecule has 1 aromatic rings. The number of ether oxygens (including phenoxy) is 1. The molecule has 2 rings (SSSR count). The van der Waals surface area contributed by atoms with Crippen molar-refractivity contribution in [1.29, 1.82) is 0 Å². The largest absolute Gasteiger partial charge is 0.465 e. The lowest BCUT2D eigenvalue weighted by atomic mass is 10.2. The molecule has 1 aliphatic heterocycles. The molecule has 1 aromatic carbocycles. The van der Waals surface area contributed by atoms with E-state index in [1.54, 1.807) is 12.3 Å². The summed E-state index contributed by atoms with van der Waals surface area (Å²) >= 11 is 0. The Kier molecular flexibility index (Phi) is 5.45. The summed E-state index contributed by atoms with van der Waals surface area (Å²) in [4.78, 5) is 23.7. The number of rotatable bonds is 5. The number of amides is 2. The third kappa shape index (κ3) is 3.67. The number of carbonyl (C=O) groups excluding carboxylic acids is 2. The normalized spacial score (nSPS) is 16.6. The van der Waals surface area contributed by atoms with E-state index in [4.69, 9.17) is 0 Å². The molecule has 0 spiro atoms. The fraction of sp³-hybridized carbons (Fsp3) is 0.333. The molecule has 1 atom stereocenters. The smallest absolute Gasteiger partial charge is 0.350 e. The number of nitrogens with one attached hydrogen (secondary N) is 2. The van der Waals surface area contributed by atoms with Crippen LogP contribution in [0.4, 0.5) is 4.79 Å². The number of benzene rings is 1. The third-order valence-corrected chi connectivity index (χ3v) is 4.85. The van der Waals surface area contributed by atoms with Gasteiger partial charge in [-0.25, -0.2) is 27.7 Å². The molecule has 9 heteroatoms. The zero-order chi connectivity index (χ0) is 17.7. The van der Waals surface area contributed by atoms with Crippen LogP contribution in [0.5, 0.6) is 0 Å². The number of hydrogen-bond donors (Lipinski definition) is 2. The van der Waals surface area contributed by atoms with Crippen molar-refractivity contribution < 1.29 is 22.7 Å². The Bertz CT molecular complexity index is 760. The van der Waals surface area contributed by atoms with E-state index in [2.05, 4.69) is 10.2 Å². The quantitative estimate of drug-likeness (QED) is 0.775. The summed E-state index contributed by atoms with van der Waals surface area (Å²) in [5.41, 5.74) is 2.56. The molecule has 0 saturated heterocycles. The minimum Gasteiger partial charge on any atom is -0.465 e. The first-order valence-electron chi connectivity index (χ1n) is 7.37. The van der Waals surface area contributed by atoms with E-state index in [1.165, 1.54) is 29.3 Å². The standard InChI is InChI=1S/C15H19N3O5S/c1-3-6-11-9-10-16-18(11)15(20)17-24(21,22)13-8-5-4-7-12(13)14(19)23-2/h4-5,7-11,16H,3,6H2,1-2H3,(H,17,20). The maximum atomic E-state index is 12.5. The first kappa shape index (κ1) is 17.8. The van der Waals surface area contributed by atoms with Gasteiger partial charge in [0.05, 0.1) is 18.7 Å². The van der Waals surface area contributed by atoms with Gasteiger partial charge in [0.1, 0.15) is 4.90 Å². The highest BCUT2D eigenvalue weighted by molar-refractivity contribution is 7.90. The van der Waals surface area contributed by atoms with Crippen molar-refractivity contribution in [2.75, 3.05) is 7.11 Å². The third-order valence-electron chi connectivity index (χ3n) is 3.47. The number of hydrazine groups is 1. The van der Waals surface area contributed by atoms with Gasteiger partial charge < -0.3 is 10.2 Å². The van der Waals surface area contributed by atoms with Crippen molar-refractivity contribution in [3.63, 3.8) is 0 Å². The molecular weight excluding hydrogens is 334 g/mol. The maximum Gasteiger partial charge on any atom is 0.350 e. The van der Waals surface area contributed by atoms with Gasteiger partial charge in [0.15, 0.2) is 0 Å². The van der Waals surface area contributed by atoms with Gasteiger partial charge in [-0.1, -0.05) is 25.5 Å². The van der Waals surface area contributed by atoms with Gasteiger partial charge >= 0.3 is 12.0 Å². The number of carbonyl (C=O) groups is 2. The van der Waals surface area contributed by atoms with Crippen LogP contribution in [0.3, 0.4) is 0 Å². The topological polar surface area (TPSA) is 105 Å². The van der Waals surface area contributed by atoms with Crippen LogP contribution in [0.1, 0.15) is 30.1 Å². The zero-order valence-electron chi connectivity index (χ0n) is 13.4. The van der Waals surface area contributed by atoms with Crippen molar-refractivity contribution in [3.8, 4) is 0 Å². The van der Waals surface area contributed by atoms with Crippen LogP contribution < -0.4 is 10.1 Å². The summed E-state index contributed by atoms with van der Waals surface area (Å²) in [6.07, 6.45) is 4.88. The van der Waals surface area contributed by atoms with Crippen LogP contribution in [0.15, 0.2) is 41.4 Å². The summed E-state index contributed by atoms with van der Waals surface area (Å²) in [6, 6.07) is 4.47. The average molecular weight is 353 g/mol. The summed E-state index contributed by atoms with van der Waals surface area (Å²) in [6.45, 7) is 1.96. The molecule has 24 heavy (non-hydrogen) atoms. The molecule has 1 heterocycles. The second kappa shape index (κ2) is 7.35. The van der Waals surface area contributed by atoms with Crippen LogP contribution in [0.2, 0.25) is 0 Å². The van der Waals surface area contributed by atoms with Crippen LogP contribution in [-0.4, -0.2) is 38.6 Å². The molecule has 0 aliphatic carbocycles. The van der Waals surface area contributed by atoms with E-state index in [0.717, 1.165) is 13.5 Å². The second-order valence-electron chi connectivity index (χ2n) is 5.11. The van der Waals surface area contributed by atoms with E-state index < -0.39 is 22.0 Å². The van der Waals surface area contributed by atoms with Gasteiger partial charge in [-0.3, -0.25) is 0 Å². The number of esters is 1. The average Bonchev–Trinajstić information content (AvgIpc) is 3.02. The molecule has 2 amide bonds. The molecule has 1 aliphatic rings. The summed E-state index contributed by atoms with van der Waals surface area (Å²) < 4.78 is 31.5. The molecule has 1 unspecified atom stereocenters.